The lowest BCUT2D eigenvalue weighted by atomic mass is 9.99. The van der Waals surface area contributed by atoms with Crippen molar-refractivity contribution in [1.82, 2.24) is 4.90 Å². The number of allylic oxidation sites excluding steroid dienone is 1. The molecule has 0 saturated carbocycles. The van der Waals surface area contributed by atoms with Gasteiger partial charge in [-0.2, -0.15) is 0 Å². The van der Waals surface area contributed by atoms with Crippen LogP contribution in [0.3, 0.4) is 0 Å². The molecule has 1 aromatic carbocycles. The predicted octanol–water partition coefficient (Wildman–Crippen LogP) is 3.00. The first-order valence-corrected chi connectivity index (χ1v) is 9.08. The van der Waals surface area contributed by atoms with Crippen LogP contribution in [0.15, 0.2) is 34.6 Å². The number of benzene rings is 1. The fraction of sp³-hybridized carbons (Fsp3) is 0.381. The molecule has 0 amide bonds. The molecule has 1 N–H and O–H groups in total. The average molecular weight is 387 g/mol. The lowest BCUT2D eigenvalue weighted by Crippen LogP contribution is -2.30. The largest absolute Gasteiger partial charge is 0.507 e. The van der Waals surface area contributed by atoms with E-state index in [1.54, 1.807) is 45.4 Å². The molecule has 150 valence electrons. The third kappa shape index (κ3) is 4.27. The van der Waals surface area contributed by atoms with Gasteiger partial charge < -0.3 is 23.7 Å². The van der Waals surface area contributed by atoms with Crippen LogP contribution in [0.2, 0.25) is 0 Å². The summed E-state index contributed by atoms with van der Waals surface area (Å²) in [7, 11) is 3.28. The molecule has 2 aromatic rings. The summed E-state index contributed by atoms with van der Waals surface area (Å²) in [6.45, 7) is 4.59. The second kappa shape index (κ2) is 9.05. The topological polar surface area (TPSA) is 81.4 Å². The van der Waals surface area contributed by atoms with Crippen LogP contribution in [0.1, 0.15) is 27.2 Å². The number of ketones is 1. The molecule has 1 aromatic heterocycles. The summed E-state index contributed by atoms with van der Waals surface area (Å²) in [5, 5.41) is 10.6. The molecule has 0 spiro atoms. The molecule has 28 heavy (non-hydrogen) atoms. The number of phenols is 1. The van der Waals surface area contributed by atoms with Gasteiger partial charge in [-0.25, -0.2) is 0 Å². The van der Waals surface area contributed by atoms with Gasteiger partial charge in [0.05, 0.1) is 30.6 Å². The lowest BCUT2D eigenvalue weighted by molar-refractivity contribution is 0.101. The van der Waals surface area contributed by atoms with Gasteiger partial charge in [-0.3, -0.25) is 9.69 Å². The third-order valence-corrected chi connectivity index (χ3v) is 4.64. The van der Waals surface area contributed by atoms with Gasteiger partial charge in [0.25, 0.3) is 0 Å². The number of hydrogen-bond acceptors (Lipinski definition) is 7. The Morgan fingerprint density at radius 1 is 1.21 bits per heavy atom. The summed E-state index contributed by atoms with van der Waals surface area (Å²) < 4.78 is 21.5. The summed E-state index contributed by atoms with van der Waals surface area (Å²) in [5.41, 5.74) is 1.72. The fourth-order valence-corrected chi connectivity index (χ4v) is 3.17. The Morgan fingerprint density at radius 2 is 1.93 bits per heavy atom. The van der Waals surface area contributed by atoms with Crippen LogP contribution in [0.4, 0.5) is 0 Å². The number of methoxy groups -OCH3 is 2. The number of aryl methyl sites for hydroxylation is 1. The maximum atomic E-state index is 12.9. The first kappa shape index (κ1) is 20.1. The van der Waals surface area contributed by atoms with E-state index >= 15 is 0 Å². The zero-order valence-corrected chi connectivity index (χ0v) is 16.4. The van der Waals surface area contributed by atoms with Crippen molar-refractivity contribution >= 4 is 11.9 Å². The Balaban J connectivity index is 1.93. The van der Waals surface area contributed by atoms with Crippen LogP contribution >= 0.6 is 0 Å². The minimum atomic E-state index is -0.217. The van der Waals surface area contributed by atoms with E-state index < -0.39 is 0 Å². The van der Waals surface area contributed by atoms with Crippen LogP contribution in [0, 0.1) is 6.92 Å². The van der Waals surface area contributed by atoms with E-state index in [9.17, 15) is 9.90 Å². The van der Waals surface area contributed by atoms with Gasteiger partial charge in [0.2, 0.25) is 5.78 Å². The molecule has 0 atom stereocenters. The smallest absolute Gasteiger partial charge is 0.232 e. The number of carbonyl (C=O) groups excluding carboxylic acids is 1. The molecular formula is C21H25NO6. The predicted molar refractivity (Wildman–Crippen MR) is 104 cm³/mol. The summed E-state index contributed by atoms with van der Waals surface area (Å²) >= 11 is 0. The lowest BCUT2D eigenvalue weighted by Gasteiger charge is -2.23. The monoisotopic (exact) mass is 387 g/mol. The van der Waals surface area contributed by atoms with E-state index in [2.05, 4.69) is 4.90 Å². The molecule has 0 bridgehead atoms. The molecular weight excluding hydrogens is 362 g/mol. The van der Waals surface area contributed by atoms with Gasteiger partial charge in [0, 0.05) is 39.9 Å². The molecule has 1 aliphatic rings. The number of rotatable bonds is 9. The van der Waals surface area contributed by atoms with Gasteiger partial charge in [-0.05, 0) is 30.7 Å². The van der Waals surface area contributed by atoms with Gasteiger partial charge >= 0.3 is 0 Å². The number of furan rings is 1. The quantitative estimate of drug-likeness (QED) is 0.663. The highest BCUT2D eigenvalue weighted by molar-refractivity contribution is 6.15. The van der Waals surface area contributed by atoms with Crippen molar-refractivity contribution in [1.29, 1.82) is 0 Å². The van der Waals surface area contributed by atoms with Crippen molar-refractivity contribution < 1.29 is 28.5 Å². The zero-order valence-electron chi connectivity index (χ0n) is 16.4. The molecule has 1 aliphatic heterocycles. The van der Waals surface area contributed by atoms with E-state index in [0.29, 0.717) is 61.0 Å². The van der Waals surface area contributed by atoms with Crippen LogP contribution in [-0.4, -0.2) is 56.3 Å². The molecule has 0 aliphatic carbocycles. The Kier molecular flexibility index (Phi) is 6.51. The summed E-state index contributed by atoms with van der Waals surface area (Å²) in [6.07, 6.45) is 3.10. The zero-order chi connectivity index (χ0) is 20.1. The van der Waals surface area contributed by atoms with E-state index in [4.69, 9.17) is 18.6 Å². The number of carbonyl (C=O) groups is 1. The molecule has 7 nitrogen and oxygen atoms in total. The van der Waals surface area contributed by atoms with Gasteiger partial charge in [0.1, 0.15) is 17.3 Å². The Labute approximate surface area is 164 Å². The number of nitrogens with zero attached hydrogens (tertiary/aromatic N) is 1. The van der Waals surface area contributed by atoms with Gasteiger partial charge in [-0.1, -0.05) is 0 Å². The Morgan fingerprint density at radius 3 is 2.54 bits per heavy atom. The van der Waals surface area contributed by atoms with Crippen molar-refractivity contribution in [2.45, 2.75) is 13.5 Å². The fourth-order valence-electron chi connectivity index (χ4n) is 3.17. The minimum Gasteiger partial charge on any atom is -0.507 e. The normalized spacial score (nSPS) is 14.7. The second-order valence-corrected chi connectivity index (χ2v) is 6.61. The van der Waals surface area contributed by atoms with Crippen molar-refractivity contribution in [3.63, 3.8) is 0 Å². The summed E-state index contributed by atoms with van der Waals surface area (Å²) in [4.78, 5) is 15.0. The van der Waals surface area contributed by atoms with Gasteiger partial charge in [-0.15, -0.1) is 0 Å². The van der Waals surface area contributed by atoms with Crippen molar-refractivity contribution in [2.24, 2.45) is 0 Å². The Bertz CT molecular complexity index is 848. The van der Waals surface area contributed by atoms with E-state index in [-0.39, 0.29) is 17.3 Å². The number of fused-ring (bicyclic) bond motifs is 1. The second-order valence-electron chi connectivity index (χ2n) is 6.61. The number of ether oxygens (including phenoxy) is 3. The Hall–Kier alpha value is -2.61. The molecule has 7 heteroatoms. The highest BCUT2D eigenvalue weighted by Crippen LogP contribution is 2.42. The van der Waals surface area contributed by atoms with Crippen LogP contribution in [0.5, 0.6) is 11.5 Å². The van der Waals surface area contributed by atoms with Crippen LogP contribution in [-0.2, 0) is 16.0 Å². The molecule has 0 radical (unpaired) electrons. The first-order chi connectivity index (χ1) is 13.5. The molecule has 0 unspecified atom stereocenters. The van der Waals surface area contributed by atoms with Crippen molar-refractivity contribution in [3.05, 3.63) is 52.7 Å². The molecule has 3 rings (SSSR count). The number of hydrogen-bond donors (Lipinski definition) is 1. The SMILES string of the molecule is COCCN(CCOC)Cc1c(O)cc(C)c2c1O/C(=C/c1ccco1)C2=O. The highest BCUT2D eigenvalue weighted by Gasteiger charge is 2.33. The highest BCUT2D eigenvalue weighted by atomic mass is 16.5. The molecule has 0 saturated heterocycles. The van der Waals surface area contributed by atoms with E-state index in [1.807, 2.05) is 0 Å². The van der Waals surface area contributed by atoms with Crippen molar-refractivity contribution in [2.75, 3.05) is 40.5 Å². The van der Waals surface area contributed by atoms with Crippen LogP contribution in [0.25, 0.3) is 6.08 Å². The third-order valence-electron chi connectivity index (χ3n) is 4.64. The number of aromatic hydroxyl groups is 1. The molecule has 2 heterocycles. The van der Waals surface area contributed by atoms with Crippen LogP contribution < -0.4 is 4.74 Å². The number of phenolic OH excluding ortho intramolecular Hbond substituents is 1. The molecule has 0 fully saturated rings. The van der Waals surface area contributed by atoms with Crippen molar-refractivity contribution in [3.8, 4) is 11.5 Å². The standard InChI is InChI=1S/C21H25NO6/c1-14-11-17(23)16(13-22(6-9-25-2)7-10-26-3)21-19(14)20(24)18(28-21)12-15-5-4-8-27-15/h4-5,8,11-12,23H,6-7,9-10,13H2,1-3H3/b18-12+. The van der Waals surface area contributed by atoms with E-state index in [1.165, 1.54) is 6.26 Å². The van der Waals surface area contributed by atoms with E-state index in [0.717, 1.165) is 0 Å². The first-order valence-electron chi connectivity index (χ1n) is 9.08. The summed E-state index contributed by atoms with van der Waals surface area (Å²) in [6, 6.07) is 5.09. The minimum absolute atomic E-state index is 0.100. The summed E-state index contributed by atoms with van der Waals surface area (Å²) in [5.74, 6) is 0.996. The van der Waals surface area contributed by atoms with Gasteiger partial charge in [0.15, 0.2) is 5.76 Å². The maximum absolute atomic E-state index is 12.9. The average Bonchev–Trinajstić information content (AvgIpc) is 3.29. The number of Topliss-reactive ketones (excluding diaryl/α,β-unsaturated/α-hetero) is 1. The maximum Gasteiger partial charge on any atom is 0.232 e.